The largest absolute Gasteiger partial charge is 0.472 e. The SMILES string of the molecule is CC/C=C\C/C=C\C/C=C\C/C=C\C/C=C\C/C=C\C/C=C\C/C=C\CCCCCCCCCCCCCCCCCCC(=O)OC(COC(=O)CCCCCCCCCCCCCC/C=C\C/C=C\C/C=C\CCCCCCC)COP(=O)(O)OCCN. The average Bonchev–Trinajstić information content (AvgIpc) is 3.58. The molecule has 510 valence electrons. The van der Waals surface area contributed by atoms with E-state index >= 15 is 0 Å². The van der Waals surface area contributed by atoms with Crippen molar-refractivity contribution in [1.82, 2.24) is 0 Å². The van der Waals surface area contributed by atoms with Gasteiger partial charge < -0.3 is 20.1 Å². The Hall–Kier alpha value is -3.85. The number of phosphoric ester groups is 1. The molecule has 0 heterocycles. The van der Waals surface area contributed by atoms with Crippen LogP contribution in [-0.2, 0) is 32.7 Å². The highest BCUT2D eigenvalue weighted by molar-refractivity contribution is 7.47. The lowest BCUT2D eigenvalue weighted by Gasteiger charge is -2.19. The second-order valence-corrected chi connectivity index (χ2v) is 25.5. The monoisotopic (exact) mass is 1260 g/mol. The summed E-state index contributed by atoms with van der Waals surface area (Å²) in [5.74, 6) is -0.825. The van der Waals surface area contributed by atoms with E-state index in [-0.39, 0.29) is 38.6 Å². The molecule has 0 saturated heterocycles. The van der Waals surface area contributed by atoms with Crippen molar-refractivity contribution in [2.24, 2.45) is 5.73 Å². The highest BCUT2D eigenvalue weighted by Crippen LogP contribution is 2.43. The first-order valence-electron chi connectivity index (χ1n) is 36.7. The zero-order valence-electron chi connectivity index (χ0n) is 57.4. The van der Waals surface area contributed by atoms with Crippen LogP contribution in [0.4, 0.5) is 0 Å². The first-order valence-corrected chi connectivity index (χ1v) is 38.2. The third-order valence-electron chi connectivity index (χ3n) is 15.5. The molecule has 89 heavy (non-hydrogen) atoms. The van der Waals surface area contributed by atoms with E-state index in [2.05, 4.69) is 148 Å². The number of nitrogens with two attached hydrogens (primary N) is 1. The molecular formula is C79H136NO8P. The van der Waals surface area contributed by atoms with Crippen LogP contribution >= 0.6 is 7.82 Å². The summed E-state index contributed by atoms with van der Waals surface area (Å²) in [6.45, 7) is 3.64. The number of hydrogen-bond acceptors (Lipinski definition) is 8. The van der Waals surface area contributed by atoms with Crippen LogP contribution in [0.5, 0.6) is 0 Å². The summed E-state index contributed by atoms with van der Waals surface area (Å²) < 4.78 is 33.2. The minimum absolute atomic E-state index is 0.0494. The van der Waals surface area contributed by atoms with Crippen molar-refractivity contribution in [2.45, 2.75) is 328 Å². The molecule has 0 aliphatic carbocycles. The number of allylic oxidation sites excluding steroid dienone is 22. The zero-order valence-corrected chi connectivity index (χ0v) is 58.3. The number of carbonyl (C=O) groups excluding carboxylic acids is 2. The van der Waals surface area contributed by atoms with Gasteiger partial charge in [-0.2, -0.15) is 0 Å². The minimum atomic E-state index is -4.40. The van der Waals surface area contributed by atoms with E-state index in [1.54, 1.807) is 0 Å². The molecule has 0 spiro atoms. The van der Waals surface area contributed by atoms with Crippen molar-refractivity contribution in [1.29, 1.82) is 0 Å². The maximum Gasteiger partial charge on any atom is 0.472 e. The van der Waals surface area contributed by atoms with Gasteiger partial charge in [-0.1, -0.05) is 327 Å². The van der Waals surface area contributed by atoms with E-state index in [1.807, 2.05) is 0 Å². The summed E-state index contributed by atoms with van der Waals surface area (Å²) in [5, 5.41) is 0. The normalized spacial score (nSPS) is 13.7. The van der Waals surface area contributed by atoms with Crippen LogP contribution in [0.15, 0.2) is 134 Å². The van der Waals surface area contributed by atoms with Crippen LogP contribution in [0, 0.1) is 0 Å². The standard InChI is InChI=1S/C79H136NO8P/c1-3-5-7-9-11-13-15-17-19-21-23-25-27-29-31-32-33-34-35-36-37-38-39-40-41-42-43-44-46-48-50-52-54-56-58-60-62-64-66-68-70-72-79(82)88-77(76-87-89(83,84)86-74-73-80)75-85-78(81)71-69-67-65-63-61-59-57-55-53-51-49-47-45-30-28-26-24-22-20-18-16-14-12-10-8-6-4-2/h5,7,11,13,16-19,22-25,28-31,33-34,36-37,39-40,77H,3-4,6,8-10,12,14-15,20-21,26-27,32,35,38,41-76,80H2,1-2H3,(H,83,84)/b7-5-,13-11-,18-16-,19-17-,24-22-,25-23-,30-28-,31-29-,34-33-,37-36-,40-39-. The molecule has 0 saturated carbocycles. The Labute approximate surface area is 548 Å². The number of carbonyl (C=O) groups is 2. The van der Waals surface area contributed by atoms with Gasteiger partial charge in [-0.3, -0.25) is 18.6 Å². The molecule has 2 atom stereocenters. The second kappa shape index (κ2) is 73.2. The molecule has 0 aromatic heterocycles. The van der Waals surface area contributed by atoms with E-state index in [0.717, 1.165) is 103 Å². The van der Waals surface area contributed by atoms with Crippen LogP contribution in [0.3, 0.4) is 0 Å². The van der Waals surface area contributed by atoms with Gasteiger partial charge in [-0.25, -0.2) is 4.57 Å². The lowest BCUT2D eigenvalue weighted by molar-refractivity contribution is -0.161. The molecule has 2 unspecified atom stereocenters. The smallest absolute Gasteiger partial charge is 0.462 e. The first-order chi connectivity index (χ1) is 43.8. The number of hydrogen-bond donors (Lipinski definition) is 2. The van der Waals surface area contributed by atoms with Gasteiger partial charge in [0.05, 0.1) is 13.2 Å². The Morgan fingerprint density at radius 1 is 0.348 bits per heavy atom. The topological polar surface area (TPSA) is 134 Å². The Morgan fingerprint density at radius 2 is 0.618 bits per heavy atom. The van der Waals surface area contributed by atoms with E-state index < -0.39 is 26.5 Å². The van der Waals surface area contributed by atoms with Crippen molar-refractivity contribution < 1.29 is 37.6 Å². The van der Waals surface area contributed by atoms with Gasteiger partial charge in [-0.05, 0) is 116 Å². The number of ether oxygens (including phenoxy) is 2. The highest BCUT2D eigenvalue weighted by Gasteiger charge is 2.26. The van der Waals surface area contributed by atoms with Gasteiger partial charge in [0, 0.05) is 19.4 Å². The van der Waals surface area contributed by atoms with Crippen molar-refractivity contribution in [3.05, 3.63) is 134 Å². The predicted octanol–water partition coefficient (Wildman–Crippen LogP) is 24.4. The molecule has 0 rings (SSSR count). The average molecular weight is 1260 g/mol. The van der Waals surface area contributed by atoms with Crippen molar-refractivity contribution in [3.63, 3.8) is 0 Å². The quantitative estimate of drug-likeness (QED) is 0.0264. The maximum atomic E-state index is 12.8. The fraction of sp³-hybridized carbons (Fsp3) is 0.696. The lowest BCUT2D eigenvalue weighted by Crippen LogP contribution is -2.29. The molecule has 0 aromatic carbocycles. The Bertz CT molecular complexity index is 1920. The lowest BCUT2D eigenvalue weighted by atomic mass is 10.0. The highest BCUT2D eigenvalue weighted by atomic mass is 31.2. The third-order valence-corrected chi connectivity index (χ3v) is 16.5. The fourth-order valence-corrected chi connectivity index (χ4v) is 10.9. The maximum absolute atomic E-state index is 12.8. The molecule has 10 heteroatoms. The molecule has 0 aromatic rings. The molecule has 0 bridgehead atoms. The molecular weight excluding hydrogens is 1120 g/mol. The molecule has 0 aliphatic rings. The van der Waals surface area contributed by atoms with Crippen LogP contribution in [0.1, 0.15) is 322 Å². The zero-order chi connectivity index (χ0) is 64.4. The summed E-state index contributed by atoms with van der Waals surface area (Å²) in [5.41, 5.74) is 5.41. The Balaban J connectivity index is 3.87. The number of unbranched alkanes of at least 4 members (excludes halogenated alkanes) is 33. The van der Waals surface area contributed by atoms with E-state index in [9.17, 15) is 19.0 Å². The van der Waals surface area contributed by atoms with Crippen molar-refractivity contribution >= 4 is 19.8 Å². The van der Waals surface area contributed by atoms with Crippen molar-refractivity contribution in [3.8, 4) is 0 Å². The predicted molar refractivity (Wildman–Crippen MR) is 385 cm³/mol. The van der Waals surface area contributed by atoms with Crippen LogP contribution in [0.2, 0.25) is 0 Å². The Morgan fingerprint density at radius 3 is 0.921 bits per heavy atom. The number of esters is 2. The fourth-order valence-electron chi connectivity index (χ4n) is 10.1. The molecule has 9 nitrogen and oxygen atoms in total. The molecule has 3 N–H and O–H groups in total. The Kier molecular flexibility index (Phi) is 70.0. The second-order valence-electron chi connectivity index (χ2n) is 24.1. The van der Waals surface area contributed by atoms with Gasteiger partial charge in [-0.15, -0.1) is 0 Å². The van der Waals surface area contributed by atoms with Gasteiger partial charge in [0.2, 0.25) is 0 Å². The van der Waals surface area contributed by atoms with Gasteiger partial charge in [0.25, 0.3) is 0 Å². The van der Waals surface area contributed by atoms with Gasteiger partial charge in [0.15, 0.2) is 6.10 Å². The summed E-state index contributed by atoms with van der Waals surface area (Å²) >= 11 is 0. The molecule has 0 radical (unpaired) electrons. The molecule has 0 fully saturated rings. The van der Waals surface area contributed by atoms with Crippen LogP contribution < -0.4 is 5.73 Å². The van der Waals surface area contributed by atoms with Crippen molar-refractivity contribution in [2.75, 3.05) is 26.4 Å². The van der Waals surface area contributed by atoms with E-state index in [1.165, 1.54) is 186 Å². The van der Waals surface area contributed by atoms with Gasteiger partial charge in [0.1, 0.15) is 6.61 Å². The molecule has 0 amide bonds. The number of phosphoric acid groups is 1. The van der Waals surface area contributed by atoms with E-state index in [4.69, 9.17) is 24.3 Å². The minimum Gasteiger partial charge on any atom is -0.462 e. The van der Waals surface area contributed by atoms with Crippen LogP contribution in [0.25, 0.3) is 0 Å². The summed E-state index contributed by atoms with van der Waals surface area (Å²) in [6, 6.07) is 0. The first kappa shape index (κ1) is 85.2. The number of rotatable bonds is 68. The third kappa shape index (κ3) is 73.1. The summed E-state index contributed by atoms with van der Waals surface area (Å²) in [6.07, 6.45) is 104. The van der Waals surface area contributed by atoms with Gasteiger partial charge >= 0.3 is 19.8 Å². The summed E-state index contributed by atoms with van der Waals surface area (Å²) in [7, 11) is -4.40. The molecule has 0 aliphatic heterocycles. The van der Waals surface area contributed by atoms with Crippen LogP contribution in [-0.4, -0.2) is 49.3 Å². The van der Waals surface area contributed by atoms with E-state index in [0.29, 0.717) is 6.42 Å². The summed E-state index contributed by atoms with van der Waals surface area (Å²) in [4.78, 5) is 35.4.